The molecule has 1 N–H and O–H groups in total. The first-order valence-corrected chi connectivity index (χ1v) is 8.52. The number of carbonyl (C=O) groups excluding carboxylic acids is 2. The topological polar surface area (TPSA) is 54.4 Å². The zero-order valence-corrected chi connectivity index (χ0v) is 13.3. The quantitative estimate of drug-likeness (QED) is 0.743. The summed E-state index contributed by atoms with van der Waals surface area (Å²) in [4.78, 5) is 25.3. The van der Waals surface area contributed by atoms with E-state index in [0.717, 1.165) is 19.3 Å². The van der Waals surface area contributed by atoms with E-state index >= 15 is 0 Å². The maximum Gasteiger partial charge on any atom is 0.139 e. The van der Waals surface area contributed by atoms with Crippen LogP contribution in [0.1, 0.15) is 46.0 Å². The van der Waals surface area contributed by atoms with Crippen LogP contribution in [-0.4, -0.2) is 16.7 Å². The Morgan fingerprint density at radius 1 is 1.18 bits per heavy atom. The summed E-state index contributed by atoms with van der Waals surface area (Å²) in [5, 5.41) is 9.80. The average Bonchev–Trinajstić information content (AvgIpc) is 2.75. The Morgan fingerprint density at radius 2 is 1.95 bits per heavy atom. The molecule has 4 rings (SSSR count). The van der Waals surface area contributed by atoms with Crippen LogP contribution in [0.2, 0.25) is 0 Å². The summed E-state index contributed by atoms with van der Waals surface area (Å²) in [7, 11) is 0. The van der Waals surface area contributed by atoms with Crippen molar-refractivity contribution in [3.8, 4) is 0 Å². The number of Topliss-reactive ketones (excluding diaryl/α,β-unsaturated/α-hetero) is 2. The van der Waals surface area contributed by atoms with Crippen LogP contribution in [-0.2, 0) is 9.59 Å². The van der Waals surface area contributed by atoms with Crippen LogP contribution < -0.4 is 0 Å². The molecule has 3 saturated carbocycles. The molecule has 0 radical (unpaired) electrons. The maximum atomic E-state index is 13.0. The second kappa shape index (κ2) is 4.33. The molecule has 0 aliphatic heterocycles. The van der Waals surface area contributed by atoms with Gasteiger partial charge in [-0.15, -0.1) is 0 Å². The van der Waals surface area contributed by atoms with Crippen molar-refractivity contribution in [1.82, 2.24) is 0 Å². The van der Waals surface area contributed by atoms with Gasteiger partial charge in [-0.25, -0.2) is 0 Å². The van der Waals surface area contributed by atoms with Crippen molar-refractivity contribution in [3.63, 3.8) is 0 Å². The lowest BCUT2D eigenvalue weighted by molar-refractivity contribution is -0.151. The van der Waals surface area contributed by atoms with Crippen LogP contribution in [0.25, 0.3) is 0 Å². The first-order chi connectivity index (χ1) is 10.4. The molecule has 0 aromatic rings. The fraction of sp³-hybridized carbons (Fsp3) is 0.684. The number of carbonyl (C=O) groups is 2. The Hall–Kier alpha value is -1.38. The van der Waals surface area contributed by atoms with E-state index in [1.54, 1.807) is 6.08 Å². The van der Waals surface area contributed by atoms with Crippen molar-refractivity contribution in [2.45, 2.75) is 46.0 Å². The molecule has 0 aromatic carbocycles. The summed E-state index contributed by atoms with van der Waals surface area (Å²) in [6.07, 6.45) is 9.76. The smallest absolute Gasteiger partial charge is 0.139 e. The first-order valence-electron chi connectivity index (χ1n) is 8.52. The van der Waals surface area contributed by atoms with E-state index < -0.39 is 5.41 Å². The average molecular weight is 300 g/mol. The third-order valence-electron chi connectivity index (χ3n) is 7.24. The van der Waals surface area contributed by atoms with Gasteiger partial charge in [0.1, 0.15) is 17.3 Å². The van der Waals surface area contributed by atoms with Crippen molar-refractivity contribution in [2.24, 2.45) is 34.5 Å². The van der Waals surface area contributed by atoms with Gasteiger partial charge in [-0.2, -0.15) is 0 Å². The van der Waals surface area contributed by atoms with E-state index in [1.807, 2.05) is 13.0 Å². The molecule has 118 valence electrons. The fourth-order valence-corrected chi connectivity index (χ4v) is 6.06. The van der Waals surface area contributed by atoms with Crippen LogP contribution in [0.4, 0.5) is 0 Å². The number of aliphatic hydroxyl groups is 1. The molecular weight excluding hydrogens is 276 g/mol. The lowest BCUT2D eigenvalue weighted by Gasteiger charge is -2.56. The van der Waals surface area contributed by atoms with E-state index in [-0.39, 0.29) is 23.0 Å². The first kappa shape index (κ1) is 14.2. The molecule has 0 heterocycles. The van der Waals surface area contributed by atoms with Crippen molar-refractivity contribution in [3.05, 3.63) is 24.0 Å². The molecule has 4 aliphatic carbocycles. The van der Waals surface area contributed by atoms with Crippen molar-refractivity contribution >= 4 is 11.6 Å². The number of allylic oxidation sites excluding steroid dienone is 3. The molecule has 0 saturated heterocycles. The summed E-state index contributed by atoms with van der Waals surface area (Å²) in [5.74, 6) is 1.84. The van der Waals surface area contributed by atoms with Crippen molar-refractivity contribution < 1.29 is 14.7 Å². The van der Waals surface area contributed by atoms with E-state index in [1.165, 1.54) is 0 Å². The standard InChI is InChI=1S/C19H24O3/c1-18-8-7-12(20)9-11(18)3-4-13-14-5-6-16(22)19(14,2)10-15(21)17(13)18/h7-9,11,13-14,17,20H,3-6,10H2,1-2H3/t11-,13-,14-,17+,18+,19+/m1/s1. The highest BCUT2D eigenvalue weighted by Gasteiger charge is 2.62. The van der Waals surface area contributed by atoms with Gasteiger partial charge in [0, 0.05) is 29.6 Å². The highest BCUT2D eigenvalue weighted by atomic mass is 16.3. The van der Waals surface area contributed by atoms with E-state index in [9.17, 15) is 14.7 Å². The van der Waals surface area contributed by atoms with E-state index in [0.29, 0.717) is 36.2 Å². The molecule has 0 spiro atoms. The molecule has 3 fully saturated rings. The number of aliphatic hydroxyl groups excluding tert-OH is 1. The molecule has 4 aliphatic rings. The molecule has 3 heteroatoms. The molecule has 22 heavy (non-hydrogen) atoms. The van der Waals surface area contributed by atoms with Gasteiger partial charge >= 0.3 is 0 Å². The molecule has 0 aromatic heterocycles. The third-order valence-corrected chi connectivity index (χ3v) is 7.24. The van der Waals surface area contributed by atoms with Crippen LogP contribution in [0.15, 0.2) is 24.0 Å². The predicted molar refractivity (Wildman–Crippen MR) is 83.1 cm³/mol. The minimum absolute atomic E-state index is 0.0100. The lowest BCUT2D eigenvalue weighted by atomic mass is 9.47. The number of rotatable bonds is 0. The number of hydrogen-bond donors (Lipinski definition) is 1. The minimum atomic E-state index is -0.405. The highest BCUT2D eigenvalue weighted by molar-refractivity contribution is 5.95. The normalized spacial score (nSPS) is 50.2. The van der Waals surface area contributed by atoms with E-state index in [2.05, 4.69) is 13.0 Å². The minimum Gasteiger partial charge on any atom is -0.508 e. The molecule has 3 nitrogen and oxygen atoms in total. The fourth-order valence-electron chi connectivity index (χ4n) is 6.06. The van der Waals surface area contributed by atoms with Crippen LogP contribution in [0, 0.1) is 34.5 Å². The zero-order chi connectivity index (χ0) is 15.7. The molecule has 6 atom stereocenters. The maximum absolute atomic E-state index is 13.0. The SMILES string of the molecule is C[C@]12C=CC(O)=C[C@H]1CC[C@H]1[C@H]2C(=O)C[C@]2(C)C(=O)CC[C@H]12. The van der Waals surface area contributed by atoms with Crippen LogP contribution in [0.5, 0.6) is 0 Å². The number of fused-ring (bicyclic) bond motifs is 5. The summed E-state index contributed by atoms with van der Waals surface area (Å²) < 4.78 is 0. The highest BCUT2D eigenvalue weighted by Crippen LogP contribution is 2.62. The van der Waals surface area contributed by atoms with Gasteiger partial charge < -0.3 is 5.11 Å². The Balaban J connectivity index is 1.76. The third kappa shape index (κ3) is 1.63. The van der Waals surface area contributed by atoms with Crippen LogP contribution in [0.3, 0.4) is 0 Å². The van der Waals surface area contributed by atoms with Gasteiger partial charge in [-0.1, -0.05) is 19.9 Å². The summed E-state index contributed by atoms with van der Waals surface area (Å²) in [6, 6.07) is 0. The predicted octanol–water partition coefficient (Wildman–Crippen LogP) is 3.61. The monoisotopic (exact) mass is 300 g/mol. The second-order valence-corrected chi connectivity index (χ2v) is 8.25. The van der Waals surface area contributed by atoms with Gasteiger partial charge in [0.25, 0.3) is 0 Å². The van der Waals surface area contributed by atoms with Gasteiger partial charge in [-0.05, 0) is 49.2 Å². The van der Waals surface area contributed by atoms with Gasteiger partial charge in [0.05, 0.1) is 0 Å². The second-order valence-electron chi connectivity index (χ2n) is 8.25. The largest absolute Gasteiger partial charge is 0.508 e. The Labute approximate surface area is 131 Å². The van der Waals surface area contributed by atoms with E-state index in [4.69, 9.17) is 0 Å². The number of hydrogen-bond acceptors (Lipinski definition) is 3. The molecule has 0 amide bonds. The van der Waals surface area contributed by atoms with Crippen molar-refractivity contribution in [2.75, 3.05) is 0 Å². The summed E-state index contributed by atoms with van der Waals surface area (Å²) in [5.41, 5.74) is -0.600. The Morgan fingerprint density at radius 3 is 2.73 bits per heavy atom. The Kier molecular flexibility index (Phi) is 2.80. The molecular formula is C19H24O3. The molecule has 0 bridgehead atoms. The summed E-state index contributed by atoms with van der Waals surface area (Å²) in [6.45, 7) is 4.20. The Bertz CT molecular complexity index is 616. The van der Waals surface area contributed by atoms with Gasteiger partial charge in [0.2, 0.25) is 0 Å². The van der Waals surface area contributed by atoms with Crippen molar-refractivity contribution in [1.29, 1.82) is 0 Å². The summed E-state index contributed by atoms with van der Waals surface area (Å²) >= 11 is 0. The lowest BCUT2D eigenvalue weighted by Crippen LogP contribution is -2.55. The van der Waals surface area contributed by atoms with Gasteiger partial charge in [-0.3, -0.25) is 9.59 Å². The van der Waals surface area contributed by atoms with Crippen LogP contribution >= 0.6 is 0 Å². The molecule has 0 unspecified atom stereocenters. The van der Waals surface area contributed by atoms with Gasteiger partial charge in [0.15, 0.2) is 0 Å². The number of ketones is 2. The zero-order valence-electron chi connectivity index (χ0n) is 13.3.